The lowest BCUT2D eigenvalue weighted by atomic mass is 10.0. The third kappa shape index (κ3) is 7.33. The first kappa shape index (κ1) is 23.2. The van der Waals surface area contributed by atoms with Gasteiger partial charge in [0.25, 0.3) is 0 Å². The number of hydrogen-bond donors (Lipinski definition) is 1. The van der Waals surface area contributed by atoms with Crippen molar-refractivity contribution < 1.29 is 9.53 Å². The number of nitrogens with one attached hydrogen (secondary N) is 1. The molecule has 3 rings (SSSR count). The molecule has 6 heteroatoms. The number of aromatic nitrogens is 1. The lowest BCUT2D eigenvalue weighted by Gasteiger charge is -2.31. The maximum Gasteiger partial charge on any atom is 0.223 e. The normalized spacial score (nSPS) is 16.4. The van der Waals surface area contributed by atoms with Gasteiger partial charge in [-0.2, -0.15) is 0 Å². The first-order valence-corrected chi connectivity index (χ1v) is 10.4. The number of carbonyl (C=O) groups excluding carboxylic acids is 1. The summed E-state index contributed by atoms with van der Waals surface area (Å²) in [5.74, 6) is 1.09. The van der Waals surface area contributed by atoms with Crippen LogP contribution < -0.4 is 10.1 Å². The maximum atomic E-state index is 13.2. The lowest BCUT2D eigenvalue weighted by molar-refractivity contribution is -0.134. The topological polar surface area (TPSA) is 54.5 Å². The van der Waals surface area contributed by atoms with Crippen molar-refractivity contribution in [2.75, 3.05) is 19.7 Å². The first-order chi connectivity index (χ1) is 13.8. The van der Waals surface area contributed by atoms with Crippen molar-refractivity contribution in [3.63, 3.8) is 0 Å². The highest BCUT2D eigenvalue weighted by Gasteiger charge is 2.24. The Kier molecular flexibility index (Phi) is 9.95. The van der Waals surface area contributed by atoms with Crippen LogP contribution in [0.1, 0.15) is 43.9 Å². The molecule has 0 aliphatic carbocycles. The molecule has 0 saturated carbocycles. The van der Waals surface area contributed by atoms with Gasteiger partial charge in [0, 0.05) is 18.7 Å². The van der Waals surface area contributed by atoms with Gasteiger partial charge in [-0.15, -0.1) is 12.4 Å². The van der Waals surface area contributed by atoms with Gasteiger partial charge in [-0.25, -0.2) is 0 Å². The monoisotopic (exact) mass is 417 g/mol. The quantitative estimate of drug-likeness (QED) is 0.705. The summed E-state index contributed by atoms with van der Waals surface area (Å²) in [6.45, 7) is 5.24. The van der Waals surface area contributed by atoms with Crippen LogP contribution in [0, 0.1) is 0 Å². The van der Waals surface area contributed by atoms with Gasteiger partial charge in [-0.1, -0.05) is 18.2 Å². The molecule has 0 radical (unpaired) electrons. The van der Waals surface area contributed by atoms with Crippen LogP contribution in [0.3, 0.4) is 0 Å². The molecule has 1 amide bonds. The van der Waals surface area contributed by atoms with Gasteiger partial charge in [0.05, 0.1) is 18.8 Å². The number of halogens is 1. The van der Waals surface area contributed by atoms with E-state index >= 15 is 0 Å². The van der Waals surface area contributed by atoms with Gasteiger partial charge in [0.1, 0.15) is 5.75 Å². The van der Waals surface area contributed by atoms with Crippen molar-refractivity contribution in [2.45, 2.75) is 51.6 Å². The number of aryl methyl sites for hydroxylation is 1. The Morgan fingerprint density at radius 1 is 1.17 bits per heavy atom. The largest absolute Gasteiger partial charge is 0.494 e. The number of ether oxygens (including phenoxy) is 1. The smallest absolute Gasteiger partial charge is 0.223 e. The van der Waals surface area contributed by atoms with E-state index < -0.39 is 0 Å². The molecule has 29 heavy (non-hydrogen) atoms. The van der Waals surface area contributed by atoms with Gasteiger partial charge in [-0.3, -0.25) is 9.78 Å². The zero-order chi connectivity index (χ0) is 19.6. The molecule has 1 fully saturated rings. The minimum atomic E-state index is 0. The van der Waals surface area contributed by atoms with Crippen LogP contribution in [0.5, 0.6) is 5.75 Å². The minimum absolute atomic E-state index is 0. The molecule has 1 aromatic heterocycles. The fraction of sp³-hybridized carbons (Fsp3) is 0.478. The van der Waals surface area contributed by atoms with E-state index in [1.807, 2.05) is 37.3 Å². The number of hydrogen-bond acceptors (Lipinski definition) is 4. The summed E-state index contributed by atoms with van der Waals surface area (Å²) in [5, 5.41) is 3.44. The Bertz CT molecular complexity index is 717. The zero-order valence-corrected chi connectivity index (χ0v) is 18.0. The molecule has 0 bridgehead atoms. The van der Waals surface area contributed by atoms with Crippen molar-refractivity contribution in [1.29, 1.82) is 0 Å². The van der Waals surface area contributed by atoms with E-state index in [1.54, 1.807) is 6.20 Å². The van der Waals surface area contributed by atoms with Gasteiger partial charge in [0.2, 0.25) is 5.91 Å². The fourth-order valence-electron chi connectivity index (χ4n) is 3.71. The number of carbonyl (C=O) groups is 1. The Morgan fingerprint density at radius 3 is 2.72 bits per heavy atom. The molecular formula is C23H32ClN3O2. The molecule has 1 saturated heterocycles. The molecule has 0 spiro atoms. The van der Waals surface area contributed by atoms with Crippen molar-refractivity contribution in [3.8, 4) is 5.75 Å². The third-order valence-electron chi connectivity index (χ3n) is 5.23. The predicted molar refractivity (Wildman–Crippen MR) is 118 cm³/mol. The Hall–Kier alpha value is -2.11. The minimum Gasteiger partial charge on any atom is -0.494 e. The average Bonchev–Trinajstić information content (AvgIpc) is 3.02. The van der Waals surface area contributed by atoms with E-state index in [9.17, 15) is 4.79 Å². The number of benzene rings is 1. The molecule has 1 atom stereocenters. The zero-order valence-electron chi connectivity index (χ0n) is 17.2. The molecule has 5 nitrogen and oxygen atoms in total. The molecule has 2 aromatic rings. The summed E-state index contributed by atoms with van der Waals surface area (Å²) in [6, 6.07) is 14.2. The first-order valence-electron chi connectivity index (χ1n) is 10.4. The molecule has 2 heterocycles. The highest BCUT2D eigenvalue weighted by molar-refractivity contribution is 5.85. The maximum absolute atomic E-state index is 13.2. The van der Waals surface area contributed by atoms with Crippen molar-refractivity contribution in [1.82, 2.24) is 15.2 Å². The van der Waals surface area contributed by atoms with Crippen LogP contribution in [0.4, 0.5) is 0 Å². The molecule has 158 valence electrons. The van der Waals surface area contributed by atoms with Crippen LogP contribution in [-0.4, -0.2) is 41.5 Å². The SMILES string of the molecule is CCOc1ccc(CCC(=O)N(Cc2ccccn2)C2CCCNCC2)cc1.Cl. The van der Waals surface area contributed by atoms with Gasteiger partial charge in [-0.05, 0) is 75.5 Å². The van der Waals surface area contributed by atoms with Crippen molar-refractivity contribution >= 4 is 18.3 Å². The van der Waals surface area contributed by atoms with E-state index in [-0.39, 0.29) is 24.4 Å². The Labute approximate surface area is 180 Å². The number of pyridine rings is 1. The van der Waals surface area contributed by atoms with Crippen LogP contribution in [0.2, 0.25) is 0 Å². The molecule has 1 N–H and O–H groups in total. The Morgan fingerprint density at radius 2 is 2.00 bits per heavy atom. The van der Waals surface area contributed by atoms with Crippen LogP contribution in [0.15, 0.2) is 48.7 Å². The second-order valence-electron chi connectivity index (χ2n) is 7.25. The fourth-order valence-corrected chi connectivity index (χ4v) is 3.71. The van der Waals surface area contributed by atoms with E-state index in [0.29, 0.717) is 19.6 Å². The van der Waals surface area contributed by atoms with Gasteiger partial charge < -0.3 is 15.0 Å². The summed E-state index contributed by atoms with van der Waals surface area (Å²) >= 11 is 0. The van der Waals surface area contributed by atoms with E-state index in [4.69, 9.17) is 4.74 Å². The molecule has 1 unspecified atom stereocenters. The standard InChI is InChI=1S/C23H31N3O2.ClH/c1-2-28-22-11-8-19(9-12-22)10-13-23(27)26(18-20-6-3-4-16-25-20)21-7-5-15-24-17-14-21;/h3-4,6,8-9,11-12,16,21,24H,2,5,7,10,13-15,17-18H2,1H3;1H. The molecule has 1 aliphatic heterocycles. The molecular weight excluding hydrogens is 386 g/mol. The molecule has 1 aliphatic rings. The number of rotatable bonds is 8. The predicted octanol–water partition coefficient (Wildman–Crippen LogP) is 4.01. The van der Waals surface area contributed by atoms with E-state index in [0.717, 1.165) is 55.8 Å². The Balaban J connectivity index is 0.00000300. The highest BCUT2D eigenvalue weighted by Crippen LogP contribution is 2.19. The summed E-state index contributed by atoms with van der Waals surface area (Å²) in [7, 11) is 0. The lowest BCUT2D eigenvalue weighted by Crippen LogP contribution is -2.40. The highest BCUT2D eigenvalue weighted by atomic mass is 35.5. The summed E-state index contributed by atoms with van der Waals surface area (Å²) in [6.07, 6.45) is 6.22. The van der Waals surface area contributed by atoms with Crippen molar-refractivity contribution in [2.24, 2.45) is 0 Å². The summed E-state index contributed by atoms with van der Waals surface area (Å²) in [4.78, 5) is 19.7. The van der Waals surface area contributed by atoms with E-state index in [2.05, 4.69) is 27.3 Å². The van der Waals surface area contributed by atoms with Crippen molar-refractivity contribution in [3.05, 3.63) is 59.9 Å². The summed E-state index contributed by atoms with van der Waals surface area (Å²) < 4.78 is 5.49. The van der Waals surface area contributed by atoms with Crippen LogP contribution >= 0.6 is 12.4 Å². The van der Waals surface area contributed by atoms with Crippen LogP contribution in [-0.2, 0) is 17.8 Å². The van der Waals surface area contributed by atoms with Crippen LogP contribution in [0.25, 0.3) is 0 Å². The van der Waals surface area contributed by atoms with Gasteiger partial charge in [0.15, 0.2) is 0 Å². The third-order valence-corrected chi connectivity index (χ3v) is 5.23. The number of amides is 1. The molecule has 1 aromatic carbocycles. The average molecular weight is 418 g/mol. The second kappa shape index (κ2) is 12.5. The second-order valence-corrected chi connectivity index (χ2v) is 7.25. The number of nitrogens with zero attached hydrogens (tertiary/aromatic N) is 2. The summed E-state index contributed by atoms with van der Waals surface area (Å²) in [5.41, 5.74) is 2.12. The van der Waals surface area contributed by atoms with Gasteiger partial charge >= 0.3 is 0 Å². The van der Waals surface area contributed by atoms with E-state index in [1.165, 1.54) is 0 Å².